The van der Waals surface area contributed by atoms with Crippen LogP contribution in [-0.2, 0) is 12.8 Å². The van der Waals surface area contributed by atoms with Gasteiger partial charge in [0.25, 0.3) is 0 Å². The molecule has 0 atom stereocenters. The van der Waals surface area contributed by atoms with Crippen molar-refractivity contribution in [1.29, 1.82) is 0 Å². The van der Waals surface area contributed by atoms with E-state index in [9.17, 15) is 0 Å². The number of nitrogens with zero attached hydrogens (tertiary/aromatic N) is 3. The molecule has 0 bridgehead atoms. The van der Waals surface area contributed by atoms with Gasteiger partial charge in [-0.25, -0.2) is 4.98 Å². The van der Waals surface area contributed by atoms with Crippen LogP contribution in [0.3, 0.4) is 0 Å². The van der Waals surface area contributed by atoms with Gasteiger partial charge >= 0.3 is 0 Å². The Morgan fingerprint density at radius 3 is 2.67 bits per heavy atom. The van der Waals surface area contributed by atoms with Gasteiger partial charge in [-0.05, 0) is 51.2 Å². The molecule has 5 nitrogen and oxygen atoms in total. The van der Waals surface area contributed by atoms with Crippen LogP contribution in [-0.4, -0.2) is 55.6 Å². The monoisotopic (exact) mass is 351 g/mol. The van der Waals surface area contributed by atoms with Gasteiger partial charge in [0.05, 0.1) is 5.01 Å². The van der Waals surface area contributed by atoms with Crippen molar-refractivity contribution in [2.45, 2.75) is 46.0 Å². The van der Waals surface area contributed by atoms with Gasteiger partial charge in [-0.3, -0.25) is 4.99 Å². The first-order chi connectivity index (χ1) is 11.7. The molecule has 2 rings (SSSR count). The maximum atomic E-state index is 4.46. The number of aromatic nitrogens is 1. The number of likely N-dealkylation sites (tertiary alicyclic amines) is 1. The Hall–Kier alpha value is -1.14. The Kier molecular flexibility index (Phi) is 8.53. The molecule has 1 fully saturated rings. The van der Waals surface area contributed by atoms with Crippen molar-refractivity contribution in [3.8, 4) is 0 Å². The minimum absolute atomic E-state index is 0.862. The second-order valence-electron chi connectivity index (χ2n) is 6.42. The molecule has 136 valence electrons. The zero-order chi connectivity index (χ0) is 17.2. The second-order valence-corrected chi connectivity index (χ2v) is 7.62. The average molecular weight is 352 g/mol. The molecule has 1 aliphatic heterocycles. The number of aliphatic imine (C=N–C) groups is 1. The number of nitrogens with one attached hydrogen (secondary N) is 2. The topological polar surface area (TPSA) is 52.6 Å². The van der Waals surface area contributed by atoms with Gasteiger partial charge < -0.3 is 15.5 Å². The van der Waals surface area contributed by atoms with E-state index < -0.39 is 0 Å². The van der Waals surface area contributed by atoms with Crippen LogP contribution in [0.25, 0.3) is 0 Å². The number of thiazole rings is 1. The summed E-state index contributed by atoms with van der Waals surface area (Å²) in [5, 5.41) is 8.06. The fourth-order valence-electron chi connectivity index (χ4n) is 3.12. The van der Waals surface area contributed by atoms with Gasteiger partial charge in [0.2, 0.25) is 0 Å². The molecule has 0 spiro atoms. The normalized spacial score (nSPS) is 17.2. The third-order valence-electron chi connectivity index (χ3n) is 4.80. The Labute approximate surface area is 151 Å². The molecular formula is C18H33N5S. The summed E-state index contributed by atoms with van der Waals surface area (Å²) in [5.74, 6) is 1.77. The Morgan fingerprint density at radius 1 is 1.29 bits per heavy atom. The van der Waals surface area contributed by atoms with Crippen molar-refractivity contribution in [3.63, 3.8) is 0 Å². The predicted octanol–water partition coefficient (Wildman–Crippen LogP) is 2.54. The summed E-state index contributed by atoms with van der Waals surface area (Å²) in [6.45, 7) is 10.0. The summed E-state index contributed by atoms with van der Waals surface area (Å²) < 4.78 is 0. The molecule has 6 heteroatoms. The van der Waals surface area contributed by atoms with Crippen molar-refractivity contribution < 1.29 is 0 Å². The summed E-state index contributed by atoms with van der Waals surface area (Å²) in [6.07, 6.45) is 7.95. The molecule has 0 aliphatic carbocycles. The van der Waals surface area contributed by atoms with E-state index in [-0.39, 0.29) is 0 Å². The zero-order valence-electron chi connectivity index (χ0n) is 15.5. The van der Waals surface area contributed by atoms with Gasteiger partial charge in [-0.1, -0.05) is 13.8 Å². The van der Waals surface area contributed by atoms with Crippen molar-refractivity contribution in [2.24, 2.45) is 10.9 Å². The van der Waals surface area contributed by atoms with Crippen LogP contribution < -0.4 is 10.6 Å². The van der Waals surface area contributed by atoms with Crippen molar-refractivity contribution in [1.82, 2.24) is 20.5 Å². The summed E-state index contributed by atoms with van der Waals surface area (Å²) >= 11 is 1.82. The van der Waals surface area contributed by atoms with Crippen LogP contribution in [0, 0.1) is 5.92 Å². The van der Waals surface area contributed by atoms with E-state index in [4.69, 9.17) is 0 Å². The summed E-state index contributed by atoms with van der Waals surface area (Å²) in [4.78, 5) is 12.7. The van der Waals surface area contributed by atoms with Gasteiger partial charge in [0.15, 0.2) is 5.96 Å². The van der Waals surface area contributed by atoms with E-state index in [2.05, 4.69) is 39.4 Å². The first-order valence-corrected chi connectivity index (χ1v) is 10.2. The fourth-order valence-corrected chi connectivity index (χ4v) is 3.98. The predicted molar refractivity (Wildman–Crippen MR) is 104 cm³/mol. The highest BCUT2D eigenvalue weighted by Crippen LogP contribution is 2.19. The lowest BCUT2D eigenvalue weighted by Gasteiger charge is -2.31. The maximum Gasteiger partial charge on any atom is 0.190 e. The molecule has 0 aromatic carbocycles. The number of hydrogen-bond donors (Lipinski definition) is 2. The number of guanidine groups is 1. The highest BCUT2D eigenvalue weighted by Gasteiger charge is 2.17. The average Bonchev–Trinajstić information content (AvgIpc) is 3.09. The molecule has 0 unspecified atom stereocenters. The van der Waals surface area contributed by atoms with Crippen molar-refractivity contribution in [3.05, 3.63) is 16.1 Å². The highest BCUT2D eigenvalue weighted by molar-refractivity contribution is 7.11. The third-order valence-corrected chi connectivity index (χ3v) is 6.01. The highest BCUT2D eigenvalue weighted by atomic mass is 32.1. The largest absolute Gasteiger partial charge is 0.356 e. The van der Waals surface area contributed by atoms with E-state index in [0.29, 0.717) is 0 Å². The lowest BCUT2D eigenvalue weighted by Crippen LogP contribution is -2.40. The molecule has 0 amide bonds. The second kappa shape index (κ2) is 10.7. The smallest absolute Gasteiger partial charge is 0.190 e. The molecule has 1 saturated heterocycles. The van der Waals surface area contributed by atoms with Crippen LogP contribution in [0.5, 0.6) is 0 Å². The lowest BCUT2D eigenvalue weighted by atomic mass is 9.93. The number of aryl methyl sites for hydroxylation is 1. The van der Waals surface area contributed by atoms with Crippen LogP contribution in [0.4, 0.5) is 0 Å². The quantitative estimate of drug-likeness (QED) is 0.558. The summed E-state index contributed by atoms with van der Waals surface area (Å²) in [6, 6.07) is 0. The zero-order valence-corrected chi connectivity index (χ0v) is 16.3. The molecule has 24 heavy (non-hydrogen) atoms. The Balaban J connectivity index is 1.59. The minimum atomic E-state index is 0.862. The van der Waals surface area contributed by atoms with Gasteiger partial charge in [0, 0.05) is 37.6 Å². The standard InChI is InChI=1S/C18H33N5S/c1-4-16-14-22-17(24-16)7-11-21-18(19-3)20-10-6-15-8-12-23(5-2)13-9-15/h14-15H,4-13H2,1-3H3,(H2,19,20,21). The fraction of sp³-hybridized carbons (Fsp3) is 0.778. The molecule has 0 radical (unpaired) electrons. The number of piperidine rings is 1. The van der Waals surface area contributed by atoms with Crippen LogP contribution >= 0.6 is 11.3 Å². The Bertz CT molecular complexity index is 491. The first-order valence-electron chi connectivity index (χ1n) is 9.35. The van der Waals surface area contributed by atoms with E-state index in [0.717, 1.165) is 37.8 Å². The van der Waals surface area contributed by atoms with Gasteiger partial charge in [0.1, 0.15) is 0 Å². The van der Waals surface area contributed by atoms with Gasteiger partial charge in [-0.15, -0.1) is 11.3 Å². The summed E-state index contributed by atoms with van der Waals surface area (Å²) in [5.41, 5.74) is 0. The van der Waals surface area contributed by atoms with E-state index in [1.807, 2.05) is 24.6 Å². The third kappa shape index (κ3) is 6.40. The SMILES string of the molecule is CCc1cnc(CCNC(=NC)NCCC2CCN(CC)CC2)s1. The van der Waals surface area contributed by atoms with Crippen LogP contribution in [0.15, 0.2) is 11.2 Å². The van der Waals surface area contributed by atoms with Crippen molar-refractivity contribution in [2.75, 3.05) is 39.8 Å². The minimum Gasteiger partial charge on any atom is -0.356 e. The lowest BCUT2D eigenvalue weighted by molar-refractivity contribution is 0.187. The molecule has 1 aliphatic rings. The maximum absolute atomic E-state index is 4.46. The van der Waals surface area contributed by atoms with Crippen molar-refractivity contribution >= 4 is 17.3 Å². The molecule has 1 aromatic heterocycles. The Morgan fingerprint density at radius 2 is 2.04 bits per heavy atom. The van der Waals surface area contributed by atoms with E-state index in [1.54, 1.807) is 0 Å². The number of hydrogen-bond acceptors (Lipinski definition) is 4. The van der Waals surface area contributed by atoms with E-state index >= 15 is 0 Å². The molecule has 0 saturated carbocycles. The van der Waals surface area contributed by atoms with Crippen LogP contribution in [0.2, 0.25) is 0 Å². The molecule has 2 N–H and O–H groups in total. The molecular weight excluding hydrogens is 318 g/mol. The first kappa shape index (κ1) is 19.2. The van der Waals surface area contributed by atoms with Crippen LogP contribution in [0.1, 0.15) is 43.0 Å². The van der Waals surface area contributed by atoms with E-state index in [1.165, 1.54) is 48.8 Å². The molecule has 1 aromatic rings. The number of rotatable bonds is 8. The molecule has 2 heterocycles. The van der Waals surface area contributed by atoms with Gasteiger partial charge in [-0.2, -0.15) is 0 Å². The summed E-state index contributed by atoms with van der Waals surface area (Å²) in [7, 11) is 1.84.